The molecule has 0 aliphatic rings. The molecule has 0 bridgehead atoms. The lowest BCUT2D eigenvalue weighted by molar-refractivity contribution is 0.338. The van der Waals surface area contributed by atoms with E-state index in [0.29, 0.717) is 39.8 Å². The van der Waals surface area contributed by atoms with Crippen molar-refractivity contribution in [2.24, 2.45) is 0 Å². The van der Waals surface area contributed by atoms with Crippen molar-refractivity contribution in [2.45, 2.75) is 12.8 Å². The number of nitrogens with zero attached hydrogens (tertiary/aromatic N) is 2. The van der Waals surface area contributed by atoms with Crippen molar-refractivity contribution in [1.29, 1.82) is 0 Å². The third kappa shape index (κ3) is 2.92. The first-order valence-corrected chi connectivity index (χ1v) is 8.06. The summed E-state index contributed by atoms with van der Waals surface area (Å²) in [6.07, 6.45) is 0. The van der Waals surface area contributed by atoms with Crippen LogP contribution < -0.4 is 10.3 Å². The Hall–Kier alpha value is -2.04. The van der Waals surface area contributed by atoms with E-state index in [1.807, 2.05) is 13.0 Å². The third-order valence-corrected chi connectivity index (χ3v) is 3.90. The maximum absolute atomic E-state index is 12.9. The van der Waals surface area contributed by atoms with Crippen LogP contribution in [0.5, 0.6) is 5.75 Å². The van der Waals surface area contributed by atoms with Crippen molar-refractivity contribution in [3.63, 3.8) is 0 Å². The van der Waals surface area contributed by atoms with Gasteiger partial charge in [-0.05, 0) is 31.2 Å². The number of hydrogen-bond acceptors (Lipinski definition) is 3. The van der Waals surface area contributed by atoms with Gasteiger partial charge in [0, 0.05) is 11.1 Å². The largest absolute Gasteiger partial charge is 0.492 e. The number of halogens is 2. The normalized spacial score (nSPS) is 10.9. The molecule has 0 aliphatic carbocycles. The first-order chi connectivity index (χ1) is 11.2. The van der Waals surface area contributed by atoms with Gasteiger partial charge in [-0.15, -0.1) is 11.6 Å². The minimum absolute atomic E-state index is 0.105. The summed E-state index contributed by atoms with van der Waals surface area (Å²) in [6, 6.07) is 12.3. The number of hydrogen-bond donors (Lipinski definition) is 0. The predicted molar refractivity (Wildman–Crippen MR) is 93.1 cm³/mol. The molecule has 0 spiro atoms. The molecule has 0 radical (unpaired) electrons. The van der Waals surface area contributed by atoms with Crippen LogP contribution in [0.1, 0.15) is 12.7 Å². The Morgan fingerprint density at radius 1 is 1.22 bits per heavy atom. The van der Waals surface area contributed by atoms with Crippen molar-refractivity contribution in [3.05, 3.63) is 63.7 Å². The molecular formula is C17H14Cl2N2O2. The number of benzene rings is 2. The third-order valence-electron chi connectivity index (χ3n) is 3.43. The molecule has 0 atom stereocenters. The second-order valence-electron chi connectivity index (χ2n) is 4.86. The zero-order chi connectivity index (χ0) is 16.4. The summed E-state index contributed by atoms with van der Waals surface area (Å²) in [5.41, 5.74) is 1.01. The van der Waals surface area contributed by atoms with Gasteiger partial charge < -0.3 is 4.74 Å². The van der Waals surface area contributed by atoms with Crippen molar-refractivity contribution >= 4 is 34.1 Å². The molecule has 0 fully saturated rings. The molecule has 118 valence electrons. The van der Waals surface area contributed by atoms with Crippen LogP contribution in [-0.4, -0.2) is 16.2 Å². The SMILES string of the molecule is CCOc1cc(Cl)ccc1-n1c(CCl)nc2ccccc2c1=O. The molecule has 2 aromatic carbocycles. The molecule has 0 unspecified atom stereocenters. The van der Waals surface area contributed by atoms with Crippen LogP contribution in [0.4, 0.5) is 0 Å². The first kappa shape index (κ1) is 15.8. The predicted octanol–water partition coefficient (Wildman–Crippen LogP) is 4.18. The number of fused-ring (bicyclic) bond motifs is 1. The zero-order valence-electron chi connectivity index (χ0n) is 12.4. The fraction of sp³-hybridized carbons (Fsp3) is 0.176. The van der Waals surface area contributed by atoms with Crippen molar-refractivity contribution < 1.29 is 4.74 Å². The van der Waals surface area contributed by atoms with Crippen LogP contribution in [0.15, 0.2) is 47.3 Å². The van der Waals surface area contributed by atoms with E-state index >= 15 is 0 Å². The maximum Gasteiger partial charge on any atom is 0.266 e. The van der Waals surface area contributed by atoms with Crippen LogP contribution in [0.2, 0.25) is 5.02 Å². The molecule has 0 saturated heterocycles. The van der Waals surface area contributed by atoms with Crippen molar-refractivity contribution in [1.82, 2.24) is 9.55 Å². The van der Waals surface area contributed by atoms with E-state index in [9.17, 15) is 4.79 Å². The average molecular weight is 349 g/mol. The molecule has 6 heteroatoms. The Labute approximate surface area is 143 Å². The highest BCUT2D eigenvalue weighted by atomic mass is 35.5. The van der Waals surface area contributed by atoms with Crippen molar-refractivity contribution in [2.75, 3.05) is 6.61 Å². The quantitative estimate of drug-likeness (QED) is 0.664. The monoisotopic (exact) mass is 348 g/mol. The van der Waals surface area contributed by atoms with Gasteiger partial charge in [0.2, 0.25) is 0 Å². The number of rotatable bonds is 4. The lowest BCUT2D eigenvalue weighted by atomic mass is 10.2. The smallest absolute Gasteiger partial charge is 0.266 e. The van der Waals surface area contributed by atoms with Gasteiger partial charge in [-0.1, -0.05) is 23.7 Å². The van der Waals surface area contributed by atoms with E-state index in [0.717, 1.165) is 0 Å². The van der Waals surface area contributed by atoms with Gasteiger partial charge in [0.15, 0.2) is 0 Å². The van der Waals surface area contributed by atoms with Gasteiger partial charge in [0.1, 0.15) is 11.6 Å². The number of para-hydroxylation sites is 1. The summed E-state index contributed by atoms with van der Waals surface area (Å²) in [7, 11) is 0. The number of alkyl halides is 1. The van der Waals surface area contributed by atoms with Crippen LogP contribution >= 0.6 is 23.2 Å². The minimum Gasteiger partial charge on any atom is -0.492 e. The molecule has 0 saturated carbocycles. The number of aromatic nitrogens is 2. The summed E-state index contributed by atoms with van der Waals surface area (Å²) in [5, 5.41) is 1.06. The van der Waals surface area contributed by atoms with E-state index < -0.39 is 0 Å². The highest BCUT2D eigenvalue weighted by Crippen LogP contribution is 2.27. The molecule has 0 aliphatic heterocycles. The standard InChI is InChI=1S/C17H14Cl2N2O2/c1-2-23-15-9-11(19)7-8-14(15)21-16(10-18)20-13-6-4-3-5-12(13)17(21)22/h3-9H,2,10H2,1H3. The highest BCUT2D eigenvalue weighted by Gasteiger charge is 2.15. The van der Waals surface area contributed by atoms with Crippen LogP contribution in [0.3, 0.4) is 0 Å². The second-order valence-corrected chi connectivity index (χ2v) is 5.57. The van der Waals surface area contributed by atoms with E-state index in [1.165, 1.54) is 4.57 Å². The summed E-state index contributed by atoms with van der Waals surface area (Å²) in [6.45, 7) is 2.33. The molecule has 3 rings (SSSR count). The molecule has 4 nitrogen and oxygen atoms in total. The van der Waals surface area contributed by atoms with Gasteiger partial charge in [0.05, 0.1) is 29.1 Å². The molecular weight excluding hydrogens is 335 g/mol. The average Bonchev–Trinajstić information content (AvgIpc) is 2.56. The van der Waals surface area contributed by atoms with E-state index in [2.05, 4.69) is 4.98 Å². The second kappa shape index (κ2) is 6.60. The summed E-state index contributed by atoms with van der Waals surface area (Å²) >= 11 is 12.1. The summed E-state index contributed by atoms with van der Waals surface area (Å²) < 4.78 is 7.11. The Bertz CT molecular complexity index is 922. The summed E-state index contributed by atoms with van der Waals surface area (Å²) in [5.74, 6) is 1.08. The Morgan fingerprint density at radius 2 is 2.00 bits per heavy atom. The van der Waals surface area contributed by atoms with E-state index in [1.54, 1.807) is 36.4 Å². The molecule has 1 heterocycles. The molecule has 23 heavy (non-hydrogen) atoms. The molecule has 0 N–H and O–H groups in total. The lowest BCUT2D eigenvalue weighted by Crippen LogP contribution is -2.24. The van der Waals surface area contributed by atoms with Crippen LogP contribution in [0, 0.1) is 0 Å². The van der Waals surface area contributed by atoms with Gasteiger partial charge in [-0.25, -0.2) is 4.98 Å². The highest BCUT2D eigenvalue weighted by molar-refractivity contribution is 6.30. The topological polar surface area (TPSA) is 44.1 Å². The van der Waals surface area contributed by atoms with Crippen molar-refractivity contribution in [3.8, 4) is 11.4 Å². The maximum atomic E-state index is 12.9. The van der Waals surface area contributed by atoms with Gasteiger partial charge in [-0.2, -0.15) is 0 Å². The van der Waals surface area contributed by atoms with Crippen LogP contribution in [0.25, 0.3) is 16.6 Å². The summed E-state index contributed by atoms with van der Waals surface area (Å²) in [4.78, 5) is 17.4. The molecule has 3 aromatic rings. The first-order valence-electron chi connectivity index (χ1n) is 7.15. The van der Waals surface area contributed by atoms with E-state index in [-0.39, 0.29) is 11.4 Å². The Morgan fingerprint density at radius 3 is 2.74 bits per heavy atom. The minimum atomic E-state index is -0.186. The Balaban J connectivity index is 2.36. The fourth-order valence-corrected chi connectivity index (χ4v) is 2.80. The fourth-order valence-electron chi connectivity index (χ4n) is 2.46. The van der Waals surface area contributed by atoms with Gasteiger partial charge in [-0.3, -0.25) is 9.36 Å². The lowest BCUT2D eigenvalue weighted by Gasteiger charge is -2.16. The Kier molecular flexibility index (Phi) is 4.55. The zero-order valence-corrected chi connectivity index (χ0v) is 13.9. The van der Waals surface area contributed by atoms with Gasteiger partial charge >= 0.3 is 0 Å². The van der Waals surface area contributed by atoms with Crippen LogP contribution in [-0.2, 0) is 5.88 Å². The number of ether oxygens (including phenoxy) is 1. The van der Waals surface area contributed by atoms with Gasteiger partial charge in [0.25, 0.3) is 5.56 Å². The van der Waals surface area contributed by atoms with E-state index in [4.69, 9.17) is 27.9 Å². The molecule has 0 amide bonds. The molecule has 1 aromatic heterocycles.